The normalized spacial score (nSPS) is 14.7. The van der Waals surface area contributed by atoms with Crippen molar-refractivity contribution in [3.8, 4) is 0 Å². The van der Waals surface area contributed by atoms with Crippen LogP contribution in [0.2, 0.25) is 0 Å². The van der Waals surface area contributed by atoms with Gasteiger partial charge in [-0.25, -0.2) is 4.98 Å². The second kappa shape index (κ2) is 7.84. The maximum Gasteiger partial charge on any atom is 0.290 e. The number of carbonyl (C=O) groups excluding carboxylic acids is 2. The van der Waals surface area contributed by atoms with Gasteiger partial charge in [0.05, 0.1) is 5.52 Å². The number of carbonyl (C=O) groups is 2. The average molecular weight is 376 g/mol. The number of pyridine rings is 1. The molecule has 3 heterocycles. The van der Waals surface area contributed by atoms with E-state index >= 15 is 0 Å². The Hall–Kier alpha value is -3.15. The van der Waals surface area contributed by atoms with E-state index in [2.05, 4.69) is 10.3 Å². The summed E-state index contributed by atoms with van der Waals surface area (Å²) in [7, 11) is 0. The van der Waals surface area contributed by atoms with Crippen LogP contribution in [0.4, 0.5) is 5.69 Å². The molecule has 0 radical (unpaired) electrons. The zero-order valence-electron chi connectivity index (χ0n) is 16.0. The highest BCUT2D eigenvalue weighted by molar-refractivity contribution is 6.08. The average Bonchev–Trinajstić information content (AvgIpc) is 2.89. The number of nitrogens with one attached hydrogen (secondary N) is 1. The van der Waals surface area contributed by atoms with Crippen LogP contribution < -0.4 is 5.32 Å². The summed E-state index contributed by atoms with van der Waals surface area (Å²) in [4.78, 5) is 32.3. The largest absolute Gasteiger partial charge is 0.336 e. The molecule has 6 heteroatoms. The van der Waals surface area contributed by atoms with Gasteiger partial charge >= 0.3 is 0 Å². The highest BCUT2D eigenvalue weighted by Crippen LogP contribution is 2.19. The number of fused-ring (bicyclic) bond motifs is 1. The van der Waals surface area contributed by atoms with E-state index in [0.29, 0.717) is 17.0 Å². The molecule has 144 valence electrons. The maximum atomic E-state index is 13.1. The fraction of sp³-hybridized carbons (Fsp3) is 0.318. The summed E-state index contributed by atoms with van der Waals surface area (Å²) in [5.41, 5.74) is 2.72. The van der Waals surface area contributed by atoms with Crippen molar-refractivity contribution in [3.63, 3.8) is 0 Å². The Morgan fingerprint density at radius 1 is 0.964 bits per heavy atom. The van der Waals surface area contributed by atoms with Crippen molar-refractivity contribution in [2.75, 3.05) is 18.4 Å². The third kappa shape index (κ3) is 3.63. The third-order valence-corrected chi connectivity index (χ3v) is 5.16. The Kier molecular flexibility index (Phi) is 5.10. The summed E-state index contributed by atoms with van der Waals surface area (Å²) < 4.78 is 1.72. The molecule has 1 aliphatic rings. The van der Waals surface area contributed by atoms with Crippen LogP contribution in [0.15, 0.2) is 48.7 Å². The molecule has 1 aromatic carbocycles. The molecular weight excluding hydrogens is 352 g/mol. The number of hydrogen-bond acceptors (Lipinski definition) is 3. The first kappa shape index (κ1) is 18.2. The van der Waals surface area contributed by atoms with E-state index in [-0.39, 0.29) is 17.5 Å². The Morgan fingerprint density at radius 3 is 2.39 bits per heavy atom. The summed E-state index contributed by atoms with van der Waals surface area (Å²) in [6, 6.07) is 13.1. The van der Waals surface area contributed by atoms with Crippen LogP contribution in [0.5, 0.6) is 0 Å². The predicted octanol–water partition coefficient (Wildman–Crippen LogP) is 3.91. The van der Waals surface area contributed by atoms with Crippen molar-refractivity contribution in [3.05, 3.63) is 65.7 Å². The summed E-state index contributed by atoms with van der Waals surface area (Å²) in [6.45, 7) is 3.48. The quantitative estimate of drug-likeness (QED) is 0.754. The van der Waals surface area contributed by atoms with Crippen molar-refractivity contribution in [1.29, 1.82) is 0 Å². The van der Waals surface area contributed by atoms with Crippen LogP contribution in [0, 0.1) is 6.92 Å². The molecule has 1 saturated heterocycles. The smallest absolute Gasteiger partial charge is 0.290 e. The molecule has 0 aliphatic carbocycles. The molecule has 3 aromatic rings. The highest BCUT2D eigenvalue weighted by atomic mass is 16.2. The number of hydrogen-bond donors (Lipinski definition) is 1. The van der Waals surface area contributed by atoms with Crippen LogP contribution in [0.3, 0.4) is 0 Å². The summed E-state index contributed by atoms with van der Waals surface area (Å²) >= 11 is 0. The number of imidazole rings is 1. The van der Waals surface area contributed by atoms with E-state index in [4.69, 9.17) is 0 Å². The second-order valence-corrected chi connectivity index (χ2v) is 7.27. The Balaban J connectivity index is 1.66. The topological polar surface area (TPSA) is 66.7 Å². The van der Waals surface area contributed by atoms with Gasteiger partial charge in [-0.05, 0) is 44.0 Å². The number of aryl methyl sites for hydroxylation is 1. The lowest BCUT2D eigenvalue weighted by Gasteiger charge is -2.19. The summed E-state index contributed by atoms with van der Waals surface area (Å²) in [5, 5.41) is 2.88. The molecule has 2 amide bonds. The first-order valence-corrected chi connectivity index (χ1v) is 9.78. The minimum atomic E-state index is -0.317. The van der Waals surface area contributed by atoms with Gasteiger partial charge in [0.25, 0.3) is 11.8 Å². The van der Waals surface area contributed by atoms with Crippen LogP contribution in [-0.4, -0.2) is 39.2 Å². The fourth-order valence-electron chi connectivity index (χ4n) is 3.60. The number of rotatable bonds is 3. The van der Waals surface area contributed by atoms with Gasteiger partial charge < -0.3 is 10.2 Å². The van der Waals surface area contributed by atoms with Gasteiger partial charge in [-0.15, -0.1) is 0 Å². The number of aromatic nitrogens is 2. The lowest BCUT2D eigenvalue weighted by Crippen LogP contribution is -2.33. The second-order valence-electron chi connectivity index (χ2n) is 7.27. The van der Waals surface area contributed by atoms with Crippen molar-refractivity contribution >= 4 is 23.0 Å². The van der Waals surface area contributed by atoms with Gasteiger partial charge in [-0.1, -0.05) is 36.6 Å². The molecule has 0 saturated carbocycles. The highest BCUT2D eigenvalue weighted by Gasteiger charge is 2.25. The lowest BCUT2D eigenvalue weighted by atomic mass is 10.2. The van der Waals surface area contributed by atoms with Crippen molar-refractivity contribution in [2.45, 2.75) is 32.6 Å². The molecular formula is C22H24N4O2. The zero-order chi connectivity index (χ0) is 19.5. The van der Waals surface area contributed by atoms with Gasteiger partial charge in [0.2, 0.25) is 5.82 Å². The molecule has 0 atom stereocenters. The molecule has 1 aliphatic heterocycles. The molecule has 0 unspecified atom stereocenters. The monoisotopic (exact) mass is 376 g/mol. The van der Waals surface area contributed by atoms with Gasteiger partial charge in [-0.3, -0.25) is 14.0 Å². The van der Waals surface area contributed by atoms with E-state index < -0.39 is 0 Å². The van der Waals surface area contributed by atoms with Crippen molar-refractivity contribution in [1.82, 2.24) is 14.3 Å². The number of anilines is 1. The van der Waals surface area contributed by atoms with Crippen molar-refractivity contribution < 1.29 is 9.59 Å². The van der Waals surface area contributed by atoms with Gasteiger partial charge in [0, 0.05) is 25.0 Å². The molecule has 1 fully saturated rings. The molecule has 2 aromatic heterocycles. The molecule has 0 spiro atoms. The maximum absolute atomic E-state index is 13.1. The Morgan fingerprint density at radius 2 is 1.68 bits per heavy atom. The fourth-order valence-corrected chi connectivity index (χ4v) is 3.60. The minimum Gasteiger partial charge on any atom is -0.336 e. The SMILES string of the molecule is Cc1ccc(NC(=O)c2nc(C(=O)N3CCCCCC3)n3ccccc23)cc1. The Bertz CT molecular complexity index is 999. The third-order valence-electron chi connectivity index (χ3n) is 5.16. The minimum absolute atomic E-state index is 0.113. The van der Waals surface area contributed by atoms with Gasteiger partial charge in [-0.2, -0.15) is 0 Å². The summed E-state index contributed by atoms with van der Waals surface area (Å²) in [5.74, 6) is -0.133. The van der Waals surface area contributed by atoms with E-state index in [0.717, 1.165) is 44.3 Å². The molecule has 28 heavy (non-hydrogen) atoms. The van der Waals surface area contributed by atoms with E-state index in [1.165, 1.54) is 0 Å². The zero-order valence-corrected chi connectivity index (χ0v) is 16.0. The van der Waals surface area contributed by atoms with E-state index in [1.54, 1.807) is 10.6 Å². The number of likely N-dealkylation sites (tertiary alicyclic amines) is 1. The lowest BCUT2D eigenvalue weighted by molar-refractivity contribution is 0.0748. The predicted molar refractivity (Wildman–Crippen MR) is 109 cm³/mol. The molecule has 1 N–H and O–H groups in total. The van der Waals surface area contributed by atoms with Crippen LogP contribution in [0.25, 0.3) is 5.52 Å². The van der Waals surface area contributed by atoms with Crippen LogP contribution >= 0.6 is 0 Å². The standard InChI is InChI=1S/C22H24N4O2/c1-16-9-11-17(12-10-16)23-21(27)19-18-8-4-7-15-26(18)20(24-19)22(28)25-13-5-2-3-6-14-25/h4,7-12,15H,2-3,5-6,13-14H2,1H3,(H,23,27). The van der Waals surface area contributed by atoms with E-state index in [9.17, 15) is 9.59 Å². The molecule has 0 bridgehead atoms. The Labute approximate surface area is 164 Å². The molecule has 4 rings (SSSR count). The van der Waals surface area contributed by atoms with Crippen LogP contribution in [0.1, 0.15) is 52.4 Å². The summed E-state index contributed by atoms with van der Waals surface area (Å²) in [6.07, 6.45) is 6.11. The van der Waals surface area contributed by atoms with Crippen LogP contribution in [-0.2, 0) is 0 Å². The number of nitrogens with zero attached hydrogens (tertiary/aromatic N) is 3. The number of benzene rings is 1. The first-order chi connectivity index (χ1) is 13.6. The van der Waals surface area contributed by atoms with Crippen molar-refractivity contribution in [2.24, 2.45) is 0 Å². The van der Waals surface area contributed by atoms with E-state index in [1.807, 2.05) is 54.3 Å². The molecule has 6 nitrogen and oxygen atoms in total. The first-order valence-electron chi connectivity index (χ1n) is 9.78. The number of amides is 2. The van der Waals surface area contributed by atoms with Gasteiger partial charge in [0.1, 0.15) is 0 Å². The van der Waals surface area contributed by atoms with Gasteiger partial charge in [0.15, 0.2) is 5.69 Å².